The van der Waals surface area contributed by atoms with Crippen molar-refractivity contribution in [2.75, 3.05) is 20.2 Å². The van der Waals surface area contributed by atoms with Gasteiger partial charge in [-0.3, -0.25) is 14.7 Å². The second-order valence-electron chi connectivity index (χ2n) is 7.10. The highest BCUT2D eigenvalue weighted by molar-refractivity contribution is 5.93. The minimum Gasteiger partial charge on any atom is -0.494 e. The molecule has 0 bridgehead atoms. The first-order chi connectivity index (χ1) is 14.6. The lowest BCUT2D eigenvalue weighted by Gasteiger charge is -2.20. The van der Waals surface area contributed by atoms with Gasteiger partial charge in [0.05, 0.1) is 13.7 Å². The molecule has 2 aromatic heterocycles. The molecule has 156 valence electrons. The van der Waals surface area contributed by atoms with Crippen LogP contribution in [0.25, 0.3) is 0 Å². The van der Waals surface area contributed by atoms with Crippen LogP contribution in [0.2, 0.25) is 0 Å². The summed E-state index contributed by atoms with van der Waals surface area (Å²) in [6.45, 7) is 3.35. The minimum atomic E-state index is -0.359. The molecule has 30 heavy (non-hydrogen) atoms. The molecule has 9 heteroatoms. The maximum Gasteiger partial charge on any atom is 0.251 e. The zero-order valence-corrected chi connectivity index (χ0v) is 16.7. The number of pyridine rings is 1. The van der Waals surface area contributed by atoms with Crippen LogP contribution < -0.4 is 10.1 Å². The maximum atomic E-state index is 13.6. The number of ether oxygens (including phenoxy) is 1. The number of benzene rings is 1. The summed E-state index contributed by atoms with van der Waals surface area (Å²) in [4.78, 5) is 18.5. The molecule has 0 aliphatic carbocycles. The predicted octanol–water partition coefficient (Wildman–Crippen LogP) is 1.81. The fourth-order valence-electron chi connectivity index (χ4n) is 3.54. The number of amides is 1. The number of methoxy groups -OCH3 is 1. The summed E-state index contributed by atoms with van der Waals surface area (Å²) in [7, 11) is 1.47. The fourth-order valence-corrected chi connectivity index (χ4v) is 3.54. The van der Waals surface area contributed by atoms with E-state index in [0.29, 0.717) is 18.7 Å². The van der Waals surface area contributed by atoms with Crippen LogP contribution in [0.1, 0.15) is 27.6 Å². The van der Waals surface area contributed by atoms with E-state index < -0.39 is 0 Å². The molecule has 0 unspecified atom stereocenters. The number of nitrogens with one attached hydrogen (secondary N) is 1. The molecule has 4 rings (SSSR count). The molecule has 0 fully saturated rings. The summed E-state index contributed by atoms with van der Waals surface area (Å²) in [5, 5.41) is 11.4. The summed E-state index contributed by atoms with van der Waals surface area (Å²) in [5.41, 5.74) is 1.55. The number of hydrogen-bond donors (Lipinski definition) is 1. The third-order valence-corrected chi connectivity index (χ3v) is 5.17. The van der Waals surface area contributed by atoms with Gasteiger partial charge in [0, 0.05) is 50.6 Å². The Morgan fingerprint density at radius 2 is 2.00 bits per heavy atom. The quantitative estimate of drug-likeness (QED) is 0.667. The third-order valence-electron chi connectivity index (χ3n) is 5.17. The van der Waals surface area contributed by atoms with Crippen LogP contribution >= 0.6 is 0 Å². The minimum absolute atomic E-state index is 0.171. The first kappa shape index (κ1) is 20.0. The van der Waals surface area contributed by atoms with Gasteiger partial charge >= 0.3 is 0 Å². The molecule has 1 amide bonds. The number of aromatic nitrogens is 4. The van der Waals surface area contributed by atoms with Crippen molar-refractivity contribution < 1.29 is 13.9 Å². The van der Waals surface area contributed by atoms with Crippen LogP contribution in [0, 0.1) is 5.82 Å². The molecule has 0 saturated heterocycles. The highest BCUT2D eigenvalue weighted by Gasteiger charge is 2.19. The van der Waals surface area contributed by atoms with E-state index in [0.717, 1.165) is 43.3 Å². The lowest BCUT2D eigenvalue weighted by atomic mass is 10.2. The van der Waals surface area contributed by atoms with E-state index in [1.54, 1.807) is 36.7 Å². The van der Waals surface area contributed by atoms with E-state index >= 15 is 0 Å². The Kier molecular flexibility index (Phi) is 5.99. The molecule has 3 aromatic rings. The van der Waals surface area contributed by atoms with Crippen LogP contribution in [0.15, 0.2) is 42.7 Å². The zero-order valence-electron chi connectivity index (χ0n) is 16.7. The summed E-state index contributed by atoms with van der Waals surface area (Å²) in [5.74, 6) is 1.36. The molecular formula is C21H23FN6O2. The van der Waals surface area contributed by atoms with Gasteiger partial charge in [-0.15, -0.1) is 10.2 Å². The normalized spacial score (nSPS) is 14.1. The van der Waals surface area contributed by atoms with Crippen molar-refractivity contribution in [3.8, 4) is 5.75 Å². The molecule has 1 N–H and O–H groups in total. The van der Waals surface area contributed by atoms with Crippen LogP contribution in [0.4, 0.5) is 4.39 Å². The predicted molar refractivity (Wildman–Crippen MR) is 107 cm³/mol. The molecule has 8 nitrogen and oxygen atoms in total. The van der Waals surface area contributed by atoms with Crippen LogP contribution in [-0.2, 0) is 26.1 Å². The number of fused-ring (bicyclic) bond motifs is 1. The SMILES string of the molecule is COc1cc(CN2CCc3nnc(CNC(=O)c4ccncc4)n3CC2)ccc1F. The molecule has 1 aromatic carbocycles. The maximum absolute atomic E-state index is 13.6. The number of rotatable bonds is 6. The van der Waals surface area contributed by atoms with Crippen molar-refractivity contribution in [3.63, 3.8) is 0 Å². The third kappa shape index (κ3) is 4.46. The Bertz CT molecular complexity index is 1020. The van der Waals surface area contributed by atoms with E-state index in [9.17, 15) is 9.18 Å². The molecular weight excluding hydrogens is 387 g/mol. The summed E-state index contributed by atoms with van der Waals surface area (Å²) < 4.78 is 20.8. The molecule has 0 saturated carbocycles. The Balaban J connectivity index is 1.37. The van der Waals surface area contributed by atoms with E-state index in [2.05, 4.69) is 30.0 Å². The Labute approximate surface area is 173 Å². The highest BCUT2D eigenvalue weighted by Crippen LogP contribution is 2.20. The molecule has 0 spiro atoms. The van der Waals surface area contributed by atoms with Crippen molar-refractivity contribution in [1.82, 2.24) is 30.0 Å². The average molecular weight is 410 g/mol. The number of carbonyl (C=O) groups is 1. The van der Waals surface area contributed by atoms with Gasteiger partial charge in [-0.05, 0) is 29.8 Å². The van der Waals surface area contributed by atoms with Gasteiger partial charge in [0.2, 0.25) is 0 Å². The van der Waals surface area contributed by atoms with Crippen molar-refractivity contribution in [1.29, 1.82) is 0 Å². The van der Waals surface area contributed by atoms with Gasteiger partial charge in [-0.2, -0.15) is 0 Å². The van der Waals surface area contributed by atoms with Gasteiger partial charge in [-0.1, -0.05) is 6.07 Å². The van der Waals surface area contributed by atoms with Crippen LogP contribution in [0.5, 0.6) is 5.75 Å². The summed E-state index contributed by atoms with van der Waals surface area (Å²) in [6.07, 6.45) is 3.93. The van der Waals surface area contributed by atoms with E-state index in [4.69, 9.17) is 4.74 Å². The number of halogens is 1. The molecule has 1 aliphatic heterocycles. The molecule has 0 radical (unpaired) electrons. The second-order valence-corrected chi connectivity index (χ2v) is 7.10. The zero-order chi connectivity index (χ0) is 20.9. The summed E-state index contributed by atoms with van der Waals surface area (Å²) in [6, 6.07) is 8.29. The van der Waals surface area contributed by atoms with Crippen LogP contribution in [0.3, 0.4) is 0 Å². The fraction of sp³-hybridized carbons (Fsp3) is 0.333. The largest absolute Gasteiger partial charge is 0.494 e. The van der Waals surface area contributed by atoms with Crippen molar-refractivity contribution in [2.24, 2.45) is 0 Å². The monoisotopic (exact) mass is 410 g/mol. The van der Waals surface area contributed by atoms with Crippen molar-refractivity contribution in [3.05, 3.63) is 71.3 Å². The number of nitrogens with zero attached hydrogens (tertiary/aromatic N) is 5. The number of hydrogen-bond acceptors (Lipinski definition) is 6. The van der Waals surface area contributed by atoms with Crippen molar-refractivity contribution >= 4 is 5.91 Å². The van der Waals surface area contributed by atoms with Gasteiger partial charge in [0.25, 0.3) is 5.91 Å². The van der Waals surface area contributed by atoms with Crippen LogP contribution in [-0.4, -0.2) is 50.8 Å². The van der Waals surface area contributed by atoms with Gasteiger partial charge in [-0.25, -0.2) is 4.39 Å². The average Bonchev–Trinajstić information content (AvgIpc) is 3.06. The van der Waals surface area contributed by atoms with E-state index in [-0.39, 0.29) is 17.5 Å². The smallest absolute Gasteiger partial charge is 0.251 e. The number of carbonyl (C=O) groups excluding carboxylic acids is 1. The standard InChI is InChI=1S/C21H23FN6O2/c1-30-18-12-15(2-3-17(18)22)14-27-9-6-19-25-26-20(28(19)11-10-27)13-24-21(29)16-4-7-23-8-5-16/h2-5,7-8,12H,6,9-11,13-14H2,1H3,(H,24,29). The molecule has 0 atom stereocenters. The van der Waals surface area contributed by atoms with Gasteiger partial charge < -0.3 is 14.6 Å². The Morgan fingerprint density at radius 3 is 2.80 bits per heavy atom. The Hall–Kier alpha value is -3.33. The first-order valence-electron chi connectivity index (χ1n) is 9.78. The van der Waals surface area contributed by atoms with Crippen molar-refractivity contribution in [2.45, 2.75) is 26.1 Å². The summed E-state index contributed by atoms with van der Waals surface area (Å²) >= 11 is 0. The molecule has 3 heterocycles. The molecule has 1 aliphatic rings. The Morgan fingerprint density at radius 1 is 1.17 bits per heavy atom. The van der Waals surface area contributed by atoms with E-state index in [1.165, 1.54) is 13.2 Å². The lowest BCUT2D eigenvalue weighted by Crippen LogP contribution is -2.28. The van der Waals surface area contributed by atoms with Gasteiger partial charge in [0.1, 0.15) is 5.82 Å². The lowest BCUT2D eigenvalue weighted by molar-refractivity contribution is 0.0949. The second kappa shape index (κ2) is 9.00. The first-order valence-corrected chi connectivity index (χ1v) is 9.78. The topological polar surface area (TPSA) is 85.2 Å². The highest BCUT2D eigenvalue weighted by atomic mass is 19.1. The van der Waals surface area contributed by atoms with Gasteiger partial charge in [0.15, 0.2) is 17.4 Å². The van der Waals surface area contributed by atoms with E-state index in [1.807, 2.05) is 0 Å².